The van der Waals surface area contributed by atoms with Crippen molar-refractivity contribution in [2.45, 2.75) is 369 Å². The Morgan fingerprint density at radius 2 is 0.467 bits per heavy atom. The number of hydrogen-bond donors (Lipinski definition) is 3. The number of phosphoric ester groups is 2. The highest BCUT2D eigenvalue weighted by Crippen LogP contribution is 2.45. The van der Waals surface area contributed by atoms with Crippen molar-refractivity contribution in [1.29, 1.82) is 0 Å². The second-order valence-electron chi connectivity index (χ2n) is 27.5. The highest BCUT2D eigenvalue weighted by Gasteiger charge is 2.30. The Hall–Kier alpha value is -1.94. The van der Waals surface area contributed by atoms with Gasteiger partial charge in [0.2, 0.25) is 0 Å². The van der Waals surface area contributed by atoms with Gasteiger partial charge in [-0.15, -0.1) is 0 Å². The average Bonchev–Trinajstić information content (AvgIpc) is 2.78. The van der Waals surface area contributed by atoms with Crippen LogP contribution in [0.5, 0.6) is 0 Å². The largest absolute Gasteiger partial charge is 0.472 e. The molecule has 0 radical (unpaired) electrons. The Bertz CT molecular complexity index is 1780. The third-order valence-electron chi connectivity index (χ3n) is 16.3. The molecule has 3 N–H and O–H groups in total. The standard InChI is InChI=1S/C71H138O17P2/c1-61(2)47-39-31-23-16-12-9-10-14-18-27-35-43-51-68(73)81-57-66(87-70(75)53-45-37-28-19-15-11-13-17-24-32-40-48-62(3)4)59-85-89(77,78)83-55-65(72)56-84-90(79,80)86-60-67(58-82-69(74)52-44-36-30-22-26-34-42-50-64(7)8)88-71(76)54-46-38-29-21-20-25-33-41-49-63(5)6/h61-67,72H,9-60H2,1-8H3,(H,77,78)(H,79,80)/t65?,66-,67-/m1/s1. The van der Waals surface area contributed by atoms with Gasteiger partial charge in [0.25, 0.3) is 0 Å². The molecule has 19 heteroatoms. The second kappa shape index (κ2) is 60.7. The predicted molar refractivity (Wildman–Crippen MR) is 363 cm³/mol. The van der Waals surface area contributed by atoms with E-state index in [0.717, 1.165) is 114 Å². The number of phosphoric acid groups is 2. The summed E-state index contributed by atoms with van der Waals surface area (Å²) in [5.74, 6) is 0.841. The third-order valence-corrected chi connectivity index (χ3v) is 18.2. The molecule has 3 unspecified atom stereocenters. The second-order valence-corrected chi connectivity index (χ2v) is 30.4. The summed E-state index contributed by atoms with van der Waals surface area (Å²) >= 11 is 0. The molecule has 0 amide bonds. The zero-order chi connectivity index (χ0) is 66.8. The molecule has 17 nitrogen and oxygen atoms in total. The molecule has 90 heavy (non-hydrogen) atoms. The minimum Gasteiger partial charge on any atom is -0.462 e. The van der Waals surface area contributed by atoms with E-state index in [2.05, 4.69) is 55.4 Å². The number of aliphatic hydroxyl groups is 1. The fourth-order valence-corrected chi connectivity index (χ4v) is 12.2. The molecule has 0 aromatic rings. The molecule has 0 aliphatic carbocycles. The number of carbonyl (C=O) groups excluding carboxylic acids is 4. The number of carbonyl (C=O) groups is 4. The van der Waals surface area contributed by atoms with E-state index in [4.69, 9.17) is 37.0 Å². The van der Waals surface area contributed by atoms with Crippen LogP contribution in [0, 0.1) is 23.7 Å². The van der Waals surface area contributed by atoms with Crippen LogP contribution >= 0.6 is 15.6 Å². The van der Waals surface area contributed by atoms with Gasteiger partial charge < -0.3 is 33.8 Å². The quantitative estimate of drug-likeness (QED) is 0.0222. The molecule has 0 saturated carbocycles. The van der Waals surface area contributed by atoms with Crippen LogP contribution in [0.4, 0.5) is 0 Å². The van der Waals surface area contributed by atoms with Gasteiger partial charge in [-0.05, 0) is 49.4 Å². The van der Waals surface area contributed by atoms with E-state index in [1.807, 2.05) is 0 Å². The van der Waals surface area contributed by atoms with Crippen LogP contribution in [0.2, 0.25) is 0 Å². The molecule has 0 aromatic heterocycles. The molecule has 0 bridgehead atoms. The summed E-state index contributed by atoms with van der Waals surface area (Å²) in [4.78, 5) is 72.6. The molecule has 0 aliphatic heterocycles. The van der Waals surface area contributed by atoms with Crippen LogP contribution in [0.3, 0.4) is 0 Å². The van der Waals surface area contributed by atoms with E-state index in [1.165, 1.54) is 148 Å². The first-order chi connectivity index (χ1) is 43.1. The lowest BCUT2D eigenvalue weighted by molar-refractivity contribution is -0.161. The third kappa shape index (κ3) is 64.8. The Morgan fingerprint density at radius 1 is 0.278 bits per heavy atom. The lowest BCUT2D eigenvalue weighted by atomic mass is 10.0. The van der Waals surface area contributed by atoms with Crippen LogP contribution in [0.15, 0.2) is 0 Å². The minimum atomic E-state index is -4.95. The zero-order valence-corrected chi connectivity index (χ0v) is 60.6. The zero-order valence-electron chi connectivity index (χ0n) is 58.8. The van der Waals surface area contributed by atoms with Crippen molar-refractivity contribution < 1.29 is 80.2 Å². The van der Waals surface area contributed by atoms with Crippen molar-refractivity contribution in [1.82, 2.24) is 0 Å². The van der Waals surface area contributed by atoms with Crippen LogP contribution in [-0.2, 0) is 65.4 Å². The number of ether oxygens (including phenoxy) is 4. The fraction of sp³-hybridized carbons (Fsp3) is 0.944. The maximum Gasteiger partial charge on any atom is 0.472 e. The molecule has 0 rings (SSSR count). The normalized spacial score (nSPS) is 14.3. The molecule has 0 spiro atoms. The van der Waals surface area contributed by atoms with Crippen molar-refractivity contribution in [3.8, 4) is 0 Å². The van der Waals surface area contributed by atoms with Crippen LogP contribution in [0.1, 0.15) is 351 Å². The fourth-order valence-electron chi connectivity index (χ4n) is 10.7. The summed E-state index contributed by atoms with van der Waals surface area (Å²) in [6, 6.07) is 0. The van der Waals surface area contributed by atoms with E-state index in [-0.39, 0.29) is 25.7 Å². The molecule has 0 saturated heterocycles. The summed E-state index contributed by atoms with van der Waals surface area (Å²) in [5.41, 5.74) is 0. The van der Waals surface area contributed by atoms with Gasteiger partial charge in [-0.1, -0.05) is 299 Å². The Kier molecular flexibility index (Phi) is 59.4. The highest BCUT2D eigenvalue weighted by atomic mass is 31.2. The molecule has 0 aromatic carbocycles. The predicted octanol–water partition coefficient (Wildman–Crippen LogP) is 20.1. The first-order valence-corrected chi connectivity index (χ1v) is 39.7. The average molecular weight is 1330 g/mol. The van der Waals surface area contributed by atoms with Crippen molar-refractivity contribution in [2.75, 3.05) is 39.6 Å². The van der Waals surface area contributed by atoms with Crippen LogP contribution in [-0.4, -0.2) is 96.7 Å². The van der Waals surface area contributed by atoms with Gasteiger partial charge in [0, 0.05) is 25.7 Å². The van der Waals surface area contributed by atoms with Gasteiger partial charge in [-0.2, -0.15) is 0 Å². The SMILES string of the molecule is CC(C)CCCCCCCCCCCCCCC(=O)OC[C@H](COP(=O)(O)OCC(O)COP(=O)(O)OC[C@@H](COC(=O)CCCCCCCCCC(C)C)OC(=O)CCCCCCCCCCC(C)C)OC(=O)CCCCCCCCCCCCCC(C)C. The lowest BCUT2D eigenvalue weighted by Crippen LogP contribution is -2.30. The lowest BCUT2D eigenvalue weighted by Gasteiger charge is -2.21. The maximum absolute atomic E-state index is 13.0. The number of esters is 4. The van der Waals surface area contributed by atoms with E-state index >= 15 is 0 Å². The van der Waals surface area contributed by atoms with E-state index in [9.17, 15) is 43.2 Å². The summed E-state index contributed by atoms with van der Waals surface area (Å²) in [6.07, 6.45) is 43.1. The van der Waals surface area contributed by atoms with Gasteiger partial charge in [-0.3, -0.25) is 37.3 Å². The van der Waals surface area contributed by atoms with Crippen molar-refractivity contribution in [3.63, 3.8) is 0 Å². The van der Waals surface area contributed by atoms with Crippen LogP contribution in [0.25, 0.3) is 0 Å². The Balaban J connectivity index is 5.25. The van der Waals surface area contributed by atoms with Crippen molar-refractivity contribution in [2.24, 2.45) is 23.7 Å². The number of rotatable bonds is 68. The van der Waals surface area contributed by atoms with E-state index in [0.29, 0.717) is 31.6 Å². The van der Waals surface area contributed by atoms with Gasteiger partial charge in [0.1, 0.15) is 19.3 Å². The van der Waals surface area contributed by atoms with Gasteiger partial charge in [0.05, 0.1) is 26.4 Å². The van der Waals surface area contributed by atoms with Crippen LogP contribution < -0.4 is 0 Å². The molecule has 0 heterocycles. The molecule has 0 aliphatic rings. The molecular weight excluding hydrogens is 1190 g/mol. The van der Waals surface area contributed by atoms with Crippen molar-refractivity contribution >= 4 is 39.5 Å². The first-order valence-electron chi connectivity index (χ1n) is 36.7. The Morgan fingerprint density at radius 3 is 0.689 bits per heavy atom. The topological polar surface area (TPSA) is 237 Å². The van der Waals surface area contributed by atoms with Gasteiger partial charge >= 0.3 is 39.5 Å². The van der Waals surface area contributed by atoms with E-state index < -0.39 is 97.5 Å². The van der Waals surface area contributed by atoms with Gasteiger partial charge in [-0.25, -0.2) is 9.13 Å². The smallest absolute Gasteiger partial charge is 0.462 e. The summed E-state index contributed by atoms with van der Waals surface area (Å²) < 4.78 is 68.3. The van der Waals surface area contributed by atoms with Gasteiger partial charge in [0.15, 0.2) is 12.2 Å². The number of aliphatic hydroxyl groups excluding tert-OH is 1. The summed E-state index contributed by atoms with van der Waals surface area (Å²) in [5, 5.41) is 10.6. The minimum absolute atomic E-state index is 0.103. The molecular formula is C71H138O17P2. The molecule has 5 atom stereocenters. The first kappa shape index (κ1) is 88.1. The summed E-state index contributed by atoms with van der Waals surface area (Å²) in [7, 11) is -9.90. The van der Waals surface area contributed by atoms with E-state index in [1.54, 1.807) is 0 Å². The highest BCUT2D eigenvalue weighted by molar-refractivity contribution is 7.47. The Labute approximate surface area is 549 Å². The monoisotopic (exact) mass is 1320 g/mol. The molecule has 0 fully saturated rings. The summed E-state index contributed by atoms with van der Waals surface area (Å²) in [6.45, 7) is 14.1. The molecule has 534 valence electrons. The number of unbranched alkanes of at least 4 members (excludes halogenated alkanes) is 34. The number of hydrogen-bond acceptors (Lipinski definition) is 15. The maximum atomic E-state index is 13.0. The van der Waals surface area contributed by atoms with Crippen molar-refractivity contribution in [3.05, 3.63) is 0 Å².